The molecule has 2 aromatic carbocycles. The van der Waals surface area contributed by atoms with Crippen molar-refractivity contribution in [1.29, 1.82) is 0 Å². The molecule has 6 nitrogen and oxygen atoms in total. The van der Waals surface area contributed by atoms with Crippen LogP contribution in [0.2, 0.25) is 0 Å². The number of hydrogen-bond donors (Lipinski definition) is 1. The second-order valence-electron chi connectivity index (χ2n) is 7.73. The molecule has 1 saturated heterocycles. The lowest BCUT2D eigenvalue weighted by Gasteiger charge is -2.18. The number of benzene rings is 2. The van der Waals surface area contributed by atoms with E-state index in [2.05, 4.69) is 5.32 Å². The Balaban J connectivity index is 1.69. The molecule has 1 aliphatic heterocycles. The van der Waals surface area contributed by atoms with Crippen molar-refractivity contribution < 1.29 is 17.9 Å². The molecular formula is C23H30N2O4S. The molecule has 0 saturated carbocycles. The smallest absolute Gasteiger partial charge is 0.243 e. The third-order valence-electron chi connectivity index (χ3n) is 5.61. The molecule has 0 radical (unpaired) electrons. The summed E-state index contributed by atoms with van der Waals surface area (Å²) in [6.45, 7) is 5.10. The number of aryl methyl sites for hydroxylation is 2. The van der Waals surface area contributed by atoms with E-state index in [1.165, 1.54) is 4.31 Å². The van der Waals surface area contributed by atoms with Crippen molar-refractivity contribution in [3.63, 3.8) is 0 Å². The average molecular weight is 431 g/mol. The van der Waals surface area contributed by atoms with Gasteiger partial charge in [0.15, 0.2) is 0 Å². The summed E-state index contributed by atoms with van der Waals surface area (Å²) < 4.78 is 32.6. The van der Waals surface area contributed by atoms with Gasteiger partial charge in [0.1, 0.15) is 5.75 Å². The Morgan fingerprint density at radius 3 is 2.53 bits per heavy atom. The predicted molar refractivity (Wildman–Crippen MR) is 117 cm³/mol. The lowest BCUT2D eigenvalue weighted by molar-refractivity contribution is -0.121. The predicted octanol–water partition coefficient (Wildman–Crippen LogP) is 3.60. The van der Waals surface area contributed by atoms with Crippen molar-refractivity contribution in [3.05, 3.63) is 59.2 Å². The molecular weight excluding hydrogens is 400 g/mol. The summed E-state index contributed by atoms with van der Waals surface area (Å²) in [5, 5.41) is 3.03. The van der Waals surface area contributed by atoms with Crippen LogP contribution in [0.4, 0.5) is 0 Å². The number of sulfonamides is 1. The minimum Gasteiger partial charge on any atom is -0.496 e. The van der Waals surface area contributed by atoms with E-state index in [1.54, 1.807) is 25.3 Å². The Hall–Kier alpha value is -2.38. The SMILES string of the molecule is COc1ccc(S(=O)(=O)N2CCCC2)cc1CCC(=O)N[C@@H](C)c1ccccc1C. The van der Waals surface area contributed by atoms with E-state index >= 15 is 0 Å². The summed E-state index contributed by atoms with van der Waals surface area (Å²) in [7, 11) is -1.96. The van der Waals surface area contributed by atoms with Gasteiger partial charge in [0.2, 0.25) is 15.9 Å². The molecule has 0 aromatic heterocycles. The van der Waals surface area contributed by atoms with Gasteiger partial charge in [-0.25, -0.2) is 8.42 Å². The molecule has 7 heteroatoms. The molecule has 0 spiro atoms. The first-order valence-electron chi connectivity index (χ1n) is 10.3. The maximum absolute atomic E-state index is 12.9. The molecule has 30 heavy (non-hydrogen) atoms. The van der Waals surface area contributed by atoms with Crippen LogP contribution in [-0.2, 0) is 21.2 Å². The molecule has 1 fully saturated rings. The quantitative estimate of drug-likeness (QED) is 0.694. The fourth-order valence-electron chi connectivity index (χ4n) is 3.90. The highest BCUT2D eigenvalue weighted by Crippen LogP contribution is 2.27. The number of nitrogens with zero attached hydrogens (tertiary/aromatic N) is 1. The number of hydrogen-bond acceptors (Lipinski definition) is 4. The molecule has 0 unspecified atom stereocenters. The zero-order valence-electron chi connectivity index (χ0n) is 17.8. The Labute approximate surface area is 179 Å². The first kappa shape index (κ1) is 22.3. The number of nitrogens with one attached hydrogen (secondary N) is 1. The topological polar surface area (TPSA) is 75.7 Å². The van der Waals surface area contributed by atoms with Gasteiger partial charge in [-0.1, -0.05) is 24.3 Å². The minimum absolute atomic E-state index is 0.0828. The maximum atomic E-state index is 12.9. The largest absolute Gasteiger partial charge is 0.496 e. The molecule has 1 atom stereocenters. The van der Waals surface area contributed by atoms with Crippen molar-refractivity contribution >= 4 is 15.9 Å². The van der Waals surface area contributed by atoms with E-state index in [0.717, 1.165) is 29.5 Å². The summed E-state index contributed by atoms with van der Waals surface area (Å²) in [5.74, 6) is 0.510. The molecule has 2 aromatic rings. The summed E-state index contributed by atoms with van der Waals surface area (Å²) in [6, 6.07) is 12.8. The Morgan fingerprint density at radius 1 is 1.17 bits per heavy atom. The monoisotopic (exact) mass is 430 g/mol. The first-order valence-corrected chi connectivity index (χ1v) is 11.8. The fraction of sp³-hybridized carbons (Fsp3) is 0.435. The molecule has 1 amide bonds. The van der Waals surface area contributed by atoms with Crippen LogP contribution in [0.5, 0.6) is 5.75 Å². The Bertz CT molecular complexity index is 998. The van der Waals surface area contributed by atoms with Crippen molar-refractivity contribution in [1.82, 2.24) is 9.62 Å². The maximum Gasteiger partial charge on any atom is 0.243 e. The lowest BCUT2D eigenvalue weighted by atomic mass is 10.0. The van der Waals surface area contributed by atoms with Gasteiger partial charge in [-0.05, 0) is 68.0 Å². The van der Waals surface area contributed by atoms with Gasteiger partial charge in [-0.15, -0.1) is 0 Å². The van der Waals surface area contributed by atoms with Gasteiger partial charge in [0.25, 0.3) is 0 Å². The Kier molecular flexibility index (Phi) is 7.15. The van der Waals surface area contributed by atoms with Crippen LogP contribution in [-0.4, -0.2) is 38.8 Å². The van der Waals surface area contributed by atoms with Crippen LogP contribution in [0, 0.1) is 6.92 Å². The number of rotatable bonds is 8. The molecule has 162 valence electrons. The highest BCUT2D eigenvalue weighted by atomic mass is 32.2. The number of carbonyl (C=O) groups is 1. The van der Waals surface area contributed by atoms with Gasteiger partial charge in [-0.3, -0.25) is 4.79 Å². The van der Waals surface area contributed by atoms with Gasteiger partial charge in [0.05, 0.1) is 18.0 Å². The van der Waals surface area contributed by atoms with Gasteiger partial charge >= 0.3 is 0 Å². The second kappa shape index (κ2) is 9.62. The van der Waals surface area contributed by atoms with Gasteiger partial charge < -0.3 is 10.1 Å². The molecule has 0 bridgehead atoms. The van der Waals surface area contributed by atoms with Gasteiger partial charge in [0, 0.05) is 19.5 Å². The highest BCUT2D eigenvalue weighted by Gasteiger charge is 2.27. The molecule has 1 aliphatic rings. The molecule has 1 N–H and O–H groups in total. The lowest BCUT2D eigenvalue weighted by Crippen LogP contribution is -2.28. The zero-order chi connectivity index (χ0) is 21.7. The van der Waals surface area contributed by atoms with Crippen molar-refractivity contribution in [2.75, 3.05) is 20.2 Å². The van der Waals surface area contributed by atoms with Crippen molar-refractivity contribution in [3.8, 4) is 5.75 Å². The van der Waals surface area contributed by atoms with E-state index in [-0.39, 0.29) is 23.3 Å². The van der Waals surface area contributed by atoms with Gasteiger partial charge in [-0.2, -0.15) is 4.31 Å². The van der Waals surface area contributed by atoms with E-state index in [1.807, 2.05) is 38.1 Å². The standard InChI is InChI=1S/C23H30N2O4S/c1-17-8-4-5-9-21(17)18(2)24-23(26)13-10-19-16-20(11-12-22(19)29-3)30(27,28)25-14-6-7-15-25/h4-5,8-9,11-12,16,18H,6-7,10,13-15H2,1-3H3,(H,24,26)/t18-/m0/s1. The van der Waals surface area contributed by atoms with E-state index < -0.39 is 10.0 Å². The summed E-state index contributed by atoms with van der Waals surface area (Å²) in [5.41, 5.74) is 2.94. The third kappa shape index (κ3) is 5.02. The summed E-state index contributed by atoms with van der Waals surface area (Å²) in [6.07, 6.45) is 2.43. The van der Waals surface area contributed by atoms with Crippen LogP contribution in [0.25, 0.3) is 0 Å². The van der Waals surface area contributed by atoms with E-state index in [9.17, 15) is 13.2 Å². The van der Waals surface area contributed by atoms with Crippen LogP contribution >= 0.6 is 0 Å². The van der Waals surface area contributed by atoms with Crippen LogP contribution in [0.1, 0.15) is 48.9 Å². The van der Waals surface area contributed by atoms with Crippen molar-refractivity contribution in [2.45, 2.75) is 50.5 Å². The molecule has 1 heterocycles. The summed E-state index contributed by atoms with van der Waals surface area (Å²) in [4.78, 5) is 12.8. The number of ether oxygens (including phenoxy) is 1. The molecule has 0 aliphatic carbocycles. The average Bonchev–Trinajstić information content (AvgIpc) is 3.28. The second-order valence-corrected chi connectivity index (χ2v) is 9.67. The number of carbonyl (C=O) groups excluding carboxylic acids is 1. The number of methoxy groups -OCH3 is 1. The third-order valence-corrected chi connectivity index (χ3v) is 7.50. The molecule has 3 rings (SSSR count). The number of amides is 1. The van der Waals surface area contributed by atoms with Crippen LogP contribution in [0.15, 0.2) is 47.4 Å². The normalized spacial score (nSPS) is 15.7. The van der Waals surface area contributed by atoms with Crippen LogP contribution < -0.4 is 10.1 Å². The summed E-state index contributed by atoms with van der Waals surface area (Å²) >= 11 is 0. The zero-order valence-corrected chi connectivity index (χ0v) is 18.7. The van der Waals surface area contributed by atoms with E-state index in [0.29, 0.717) is 25.3 Å². The fourth-order valence-corrected chi connectivity index (χ4v) is 5.47. The van der Waals surface area contributed by atoms with E-state index in [4.69, 9.17) is 4.74 Å². The highest BCUT2D eigenvalue weighted by molar-refractivity contribution is 7.89. The van der Waals surface area contributed by atoms with Crippen molar-refractivity contribution in [2.24, 2.45) is 0 Å². The minimum atomic E-state index is -3.51. The Morgan fingerprint density at radius 2 is 1.87 bits per heavy atom. The first-order chi connectivity index (χ1) is 14.3. The van der Waals surface area contributed by atoms with Crippen LogP contribution in [0.3, 0.4) is 0 Å².